The average Bonchev–Trinajstić information content (AvgIpc) is 3.28. The molecule has 7 rings (SSSR count). The van der Waals surface area contributed by atoms with E-state index >= 15 is 0 Å². The number of aryl methyl sites for hydroxylation is 1. The minimum absolute atomic E-state index is 0.0600. The first-order valence-corrected chi connectivity index (χ1v) is 17.0. The maximum absolute atomic E-state index is 13.5. The van der Waals surface area contributed by atoms with Crippen molar-refractivity contribution in [1.29, 1.82) is 0 Å². The minimum atomic E-state index is -3.17. The van der Waals surface area contributed by atoms with E-state index in [0.717, 1.165) is 33.5 Å². The van der Waals surface area contributed by atoms with E-state index in [1.54, 1.807) is 24.9 Å². The molecule has 1 saturated heterocycles. The summed E-state index contributed by atoms with van der Waals surface area (Å²) in [6, 6.07) is 13.9. The molecule has 2 fully saturated rings. The molecule has 4 aromatic rings. The molecule has 4 heterocycles. The van der Waals surface area contributed by atoms with E-state index in [4.69, 9.17) is 4.52 Å². The van der Waals surface area contributed by atoms with Crippen LogP contribution in [0.4, 0.5) is 4.79 Å². The maximum Gasteiger partial charge on any atom is 0.318 e. The molecule has 1 aliphatic carbocycles. The lowest BCUT2D eigenvalue weighted by Gasteiger charge is -2.35. The number of carbonyl (C=O) groups is 2. The van der Waals surface area contributed by atoms with Gasteiger partial charge in [-0.1, -0.05) is 29.4 Å². The Balaban J connectivity index is 1.15. The molecule has 3 aliphatic rings. The number of aromatic nitrogens is 4. The highest BCUT2D eigenvalue weighted by molar-refractivity contribution is 7.91. The Labute approximate surface area is 261 Å². The second kappa shape index (κ2) is 11.1. The molecule has 0 bridgehead atoms. The molecular formula is C32H35N7O5S. The van der Waals surface area contributed by atoms with Crippen molar-refractivity contribution in [1.82, 2.24) is 35.5 Å². The molecule has 0 spiro atoms. The number of nitrogens with one attached hydrogen (secondary N) is 2. The largest absolute Gasteiger partial charge is 0.352 e. The Hall–Kier alpha value is -4.52. The molecular weight excluding hydrogens is 594 g/mol. The second-order valence-corrected chi connectivity index (χ2v) is 14.8. The number of amides is 3. The Morgan fingerprint density at radius 2 is 2.02 bits per heavy atom. The van der Waals surface area contributed by atoms with Crippen LogP contribution in [0.5, 0.6) is 0 Å². The van der Waals surface area contributed by atoms with Crippen LogP contribution in [-0.2, 0) is 34.1 Å². The lowest BCUT2D eigenvalue weighted by atomic mass is 9.87. The summed E-state index contributed by atoms with van der Waals surface area (Å²) in [7, 11) is -3.17. The Kier molecular flexibility index (Phi) is 7.22. The normalized spacial score (nSPS) is 23.4. The molecule has 0 radical (unpaired) electrons. The molecule has 2 aromatic heterocycles. The van der Waals surface area contributed by atoms with Crippen molar-refractivity contribution in [2.24, 2.45) is 5.92 Å². The highest BCUT2D eigenvalue weighted by atomic mass is 32.2. The second-order valence-electron chi connectivity index (χ2n) is 12.6. The van der Waals surface area contributed by atoms with Crippen LogP contribution in [0.1, 0.15) is 54.1 Å². The predicted molar refractivity (Wildman–Crippen MR) is 165 cm³/mol. The summed E-state index contributed by atoms with van der Waals surface area (Å²) in [6.07, 6.45) is 5.31. The van der Waals surface area contributed by atoms with E-state index in [-0.39, 0.29) is 35.3 Å². The Bertz CT molecular complexity index is 1890. The van der Waals surface area contributed by atoms with Crippen LogP contribution in [0.15, 0.2) is 59.4 Å². The summed E-state index contributed by atoms with van der Waals surface area (Å²) in [4.78, 5) is 32.6. The van der Waals surface area contributed by atoms with Crippen molar-refractivity contribution in [3.8, 4) is 16.8 Å². The van der Waals surface area contributed by atoms with Crippen molar-refractivity contribution in [3.63, 3.8) is 0 Å². The van der Waals surface area contributed by atoms with Gasteiger partial charge in [0.05, 0.1) is 34.6 Å². The van der Waals surface area contributed by atoms with Crippen LogP contribution in [-0.4, -0.2) is 68.8 Å². The zero-order valence-corrected chi connectivity index (χ0v) is 26.0. The molecule has 13 heteroatoms. The summed E-state index contributed by atoms with van der Waals surface area (Å²) >= 11 is 0. The average molecular weight is 630 g/mol. The van der Waals surface area contributed by atoms with Crippen molar-refractivity contribution < 1.29 is 22.5 Å². The molecule has 2 aromatic carbocycles. The first-order valence-electron chi connectivity index (χ1n) is 15.2. The van der Waals surface area contributed by atoms with Gasteiger partial charge in [0, 0.05) is 32.0 Å². The Morgan fingerprint density at radius 1 is 1.16 bits per heavy atom. The van der Waals surface area contributed by atoms with Gasteiger partial charge < -0.3 is 20.1 Å². The molecule has 2 N–H and O–H groups in total. The third-order valence-electron chi connectivity index (χ3n) is 9.08. The van der Waals surface area contributed by atoms with Crippen LogP contribution in [0, 0.1) is 12.8 Å². The van der Waals surface area contributed by atoms with Crippen molar-refractivity contribution in [3.05, 3.63) is 83.3 Å². The van der Waals surface area contributed by atoms with Gasteiger partial charge in [0.25, 0.3) is 0 Å². The first kappa shape index (κ1) is 29.2. The smallest absolute Gasteiger partial charge is 0.318 e. The third kappa shape index (κ3) is 5.96. The van der Waals surface area contributed by atoms with Gasteiger partial charge in [-0.15, -0.1) is 0 Å². The van der Waals surface area contributed by atoms with E-state index in [1.807, 2.05) is 35.1 Å². The highest BCUT2D eigenvalue weighted by Gasteiger charge is 2.47. The van der Waals surface area contributed by atoms with Crippen LogP contribution in [0.3, 0.4) is 0 Å². The van der Waals surface area contributed by atoms with E-state index < -0.39 is 15.4 Å². The number of nitrogens with zero attached hydrogens (tertiary/aromatic N) is 5. The third-order valence-corrected chi connectivity index (χ3v) is 11.0. The quantitative estimate of drug-likeness (QED) is 0.316. The molecule has 234 valence electrons. The molecule has 1 saturated carbocycles. The minimum Gasteiger partial charge on any atom is -0.352 e. The molecule has 3 atom stereocenters. The van der Waals surface area contributed by atoms with Gasteiger partial charge in [0.2, 0.25) is 11.8 Å². The molecule has 2 aliphatic heterocycles. The summed E-state index contributed by atoms with van der Waals surface area (Å²) in [5.41, 5.74) is 5.30. The maximum atomic E-state index is 13.5. The summed E-state index contributed by atoms with van der Waals surface area (Å²) < 4.78 is 31.4. The van der Waals surface area contributed by atoms with Gasteiger partial charge in [0.1, 0.15) is 0 Å². The fourth-order valence-corrected chi connectivity index (χ4v) is 8.66. The van der Waals surface area contributed by atoms with Crippen LogP contribution < -0.4 is 10.6 Å². The molecule has 45 heavy (non-hydrogen) atoms. The van der Waals surface area contributed by atoms with E-state index in [0.29, 0.717) is 50.6 Å². The number of benzene rings is 2. The summed E-state index contributed by atoms with van der Waals surface area (Å²) in [6.45, 7) is 4.68. The topological polar surface area (TPSA) is 152 Å². The van der Waals surface area contributed by atoms with Gasteiger partial charge in [-0.25, -0.2) is 17.9 Å². The van der Waals surface area contributed by atoms with Gasteiger partial charge >= 0.3 is 6.03 Å². The van der Waals surface area contributed by atoms with Crippen LogP contribution in [0.25, 0.3) is 16.8 Å². The standard InChI is InChI=1S/C32H35N7O5S/c1-20-35-30(44-37-20)27-16-26(27)29(40)33-17-22-7-8-24(21-5-3-6-23(15-21)39-12-4-11-34-39)25-9-13-38(18-28(22)25)31(41)36-32(2)10-14-45(42,43)19-32/h3-8,11-12,15,26-27H,9-10,13-14,16-19H2,1-2H3,(H,33,40)(H,36,41)/t26?,27?,32-/m0/s1. The van der Waals surface area contributed by atoms with E-state index in [9.17, 15) is 18.0 Å². The summed E-state index contributed by atoms with van der Waals surface area (Å²) in [5.74, 6) is 0.717. The highest BCUT2D eigenvalue weighted by Crippen LogP contribution is 2.47. The fourth-order valence-electron chi connectivity index (χ4n) is 6.57. The van der Waals surface area contributed by atoms with E-state index in [1.165, 1.54) is 0 Å². The van der Waals surface area contributed by atoms with Crippen molar-refractivity contribution in [2.75, 3.05) is 18.1 Å². The monoisotopic (exact) mass is 629 g/mol. The molecule has 3 amide bonds. The van der Waals surface area contributed by atoms with Crippen molar-refractivity contribution in [2.45, 2.75) is 57.7 Å². The molecule has 12 nitrogen and oxygen atoms in total. The van der Waals surface area contributed by atoms with Crippen LogP contribution >= 0.6 is 0 Å². The number of urea groups is 1. The lowest BCUT2D eigenvalue weighted by Crippen LogP contribution is -2.53. The van der Waals surface area contributed by atoms with Gasteiger partial charge in [0.15, 0.2) is 15.7 Å². The first-order chi connectivity index (χ1) is 21.6. The SMILES string of the molecule is Cc1noc(C2CC2C(=O)NCc2ccc(-c3cccc(-n4cccn4)c3)c3c2CN(C(=O)N[C@@]2(C)CCS(=O)(=O)C2)CC3)n1. The Morgan fingerprint density at radius 3 is 2.76 bits per heavy atom. The number of hydrogen-bond acceptors (Lipinski definition) is 8. The zero-order chi connectivity index (χ0) is 31.3. The number of rotatable bonds is 7. The van der Waals surface area contributed by atoms with Crippen molar-refractivity contribution >= 4 is 21.8 Å². The number of sulfone groups is 1. The predicted octanol–water partition coefficient (Wildman–Crippen LogP) is 3.30. The summed E-state index contributed by atoms with van der Waals surface area (Å²) in [5, 5.41) is 14.3. The lowest BCUT2D eigenvalue weighted by molar-refractivity contribution is -0.122. The fraction of sp³-hybridized carbons (Fsp3) is 0.406. The zero-order valence-electron chi connectivity index (χ0n) is 25.2. The van der Waals surface area contributed by atoms with Gasteiger partial charge in [-0.2, -0.15) is 10.1 Å². The number of fused-ring (bicyclic) bond motifs is 1. The molecule has 2 unspecified atom stereocenters. The number of carbonyl (C=O) groups excluding carboxylic acids is 2. The van der Waals surface area contributed by atoms with E-state index in [2.05, 4.69) is 44.1 Å². The van der Waals surface area contributed by atoms with Gasteiger partial charge in [-0.05, 0) is 79.1 Å². The van der Waals surface area contributed by atoms with Crippen LogP contribution in [0.2, 0.25) is 0 Å². The van der Waals surface area contributed by atoms with Gasteiger partial charge in [-0.3, -0.25) is 4.79 Å². The number of hydrogen-bond donors (Lipinski definition) is 2.